The fourth-order valence-electron chi connectivity index (χ4n) is 4.19. The summed E-state index contributed by atoms with van der Waals surface area (Å²) in [7, 11) is 0. The van der Waals surface area contributed by atoms with Crippen molar-refractivity contribution in [2.45, 2.75) is 45.4 Å². The van der Waals surface area contributed by atoms with E-state index in [-0.39, 0.29) is 11.1 Å². The van der Waals surface area contributed by atoms with Gasteiger partial charge in [0.15, 0.2) is 11.6 Å². The predicted octanol–water partition coefficient (Wildman–Crippen LogP) is 9.47. The topological polar surface area (TPSA) is 9.23 Å². The molecule has 0 fully saturated rings. The van der Waals surface area contributed by atoms with Crippen molar-refractivity contribution in [2.75, 3.05) is 0 Å². The summed E-state index contributed by atoms with van der Waals surface area (Å²) in [6, 6.07) is 19.9. The third kappa shape index (κ3) is 5.99. The lowest BCUT2D eigenvalue weighted by Crippen LogP contribution is -2.17. The Labute approximate surface area is 201 Å². The number of halogens is 5. The van der Waals surface area contributed by atoms with Crippen molar-refractivity contribution >= 4 is 10.8 Å². The summed E-state index contributed by atoms with van der Waals surface area (Å²) in [5.41, 5.74) is 3.48. The van der Waals surface area contributed by atoms with Gasteiger partial charge in [-0.2, -0.15) is 0 Å². The van der Waals surface area contributed by atoms with E-state index < -0.39 is 23.7 Å². The van der Waals surface area contributed by atoms with Crippen LogP contribution in [-0.2, 0) is 6.42 Å². The molecule has 182 valence electrons. The van der Waals surface area contributed by atoms with Crippen molar-refractivity contribution in [3.05, 3.63) is 90.0 Å². The summed E-state index contributed by atoms with van der Waals surface area (Å²) in [4.78, 5) is 0. The second-order valence-corrected chi connectivity index (χ2v) is 8.56. The van der Waals surface area contributed by atoms with Crippen molar-refractivity contribution in [1.29, 1.82) is 0 Å². The average Bonchev–Trinajstić information content (AvgIpc) is 2.83. The highest BCUT2D eigenvalue weighted by Crippen LogP contribution is 2.34. The summed E-state index contributed by atoms with van der Waals surface area (Å²) in [6.07, 6.45) is 0.906. The van der Waals surface area contributed by atoms with E-state index in [4.69, 9.17) is 0 Å². The van der Waals surface area contributed by atoms with Gasteiger partial charge < -0.3 is 4.74 Å². The van der Waals surface area contributed by atoms with Crippen LogP contribution in [0, 0.1) is 11.6 Å². The Hall–Kier alpha value is -3.41. The molecule has 0 radical (unpaired) electrons. The zero-order valence-corrected chi connectivity index (χ0v) is 19.3. The lowest BCUT2D eigenvalue weighted by molar-refractivity contribution is -0.275. The summed E-state index contributed by atoms with van der Waals surface area (Å²) >= 11 is 0. The van der Waals surface area contributed by atoms with Gasteiger partial charge in [0.05, 0.1) is 0 Å². The van der Waals surface area contributed by atoms with Crippen LogP contribution < -0.4 is 4.74 Å². The Balaban J connectivity index is 1.57. The Morgan fingerprint density at radius 3 is 2.11 bits per heavy atom. The fourth-order valence-corrected chi connectivity index (χ4v) is 4.19. The van der Waals surface area contributed by atoms with Gasteiger partial charge in [-0.1, -0.05) is 80.8 Å². The maximum absolute atomic E-state index is 15.3. The van der Waals surface area contributed by atoms with E-state index in [2.05, 4.69) is 35.9 Å². The number of fused-ring (bicyclic) bond motifs is 1. The van der Waals surface area contributed by atoms with E-state index in [0.29, 0.717) is 10.8 Å². The van der Waals surface area contributed by atoms with E-state index in [1.165, 1.54) is 43.4 Å². The molecule has 0 saturated carbocycles. The lowest BCUT2D eigenvalue weighted by Gasteiger charge is -2.12. The minimum atomic E-state index is -5.01. The molecule has 0 saturated heterocycles. The number of rotatable bonds is 8. The molecule has 0 unspecified atom stereocenters. The summed E-state index contributed by atoms with van der Waals surface area (Å²) in [5, 5.41) is 1.01. The first-order valence-electron chi connectivity index (χ1n) is 11.6. The van der Waals surface area contributed by atoms with Crippen molar-refractivity contribution in [3.63, 3.8) is 0 Å². The molecule has 4 aromatic rings. The number of benzene rings is 4. The number of hydrogen-bond acceptors (Lipinski definition) is 1. The second-order valence-electron chi connectivity index (χ2n) is 8.56. The van der Waals surface area contributed by atoms with Crippen LogP contribution in [0.1, 0.15) is 38.2 Å². The molecule has 0 amide bonds. The van der Waals surface area contributed by atoms with Crippen molar-refractivity contribution in [2.24, 2.45) is 0 Å². The van der Waals surface area contributed by atoms with Crippen molar-refractivity contribution in [1.82, 2.24) is 0 Å². The predicted molar refractivity (Wildman–Crippen MR) is 129 cm³/mol. The highest BCUT2D eigenvalue weighted by Gasteiger charge is 2.32. The molecule has 0 spiro atoms. The van der Waals surface area contributed by atoms with Crippen LogP contribution in [0.25, 0.3) is 33.0 Å². The highest BCUT2D eigenvalue weighted by atomic mass is 19.4. The van der Waals surface area contributed by atoms with Crippen LogP contribution in [0.3, 0.4) is 0 Å². The zero-order chi connectivity index (χ0) is 25.0. The molecule has 1 nitrogen and oxygen atoms in total. The van der Waals surface area contributed by atoms with Gasteiger partial charge in [-0.25, -0.2) is 8.78 Å². The van der Waals surface area contributed by atoms with E-state index in [1.807, 2.05) is 12.1 Å². The maximum atomic E-state index is 15.3. The zero-order valence-electron chi connectivity index (χ0n) is 19.3. The largest absolute Gasteiger partial charge is 0.573 e. The van der Waals surface area contributed by atoms with Gasteiger partial charge in [-0.05, 0) is 58.7 Å². The molecule has 0 aliphatic heterocycles. The quantitative estimate of drug-likeness (QED) is 0.179. The number of hydrogen-bond donors (Lipinski definition) is 0. The maximum Gasteiger partial charge on any atom is 0.573 e. The Kier molecular flexibility index (Phi) is 7.39. The molecular formula is C29H25F5O. The first-order chi connectivity index (χ1) is 16.7. The molecule has 35 heavy (non-hydrogen) atoms. The van der Waals surface area contributed by atoms with Gasteiger partial charge in [-0.15, -0.1) is 13.2 Å². The SMILES string of the molecule is CCCCCCc1ccc(-c2ccc3c(F)c(-c4ccc(OC(F)(F)F)c(F)c4)ccc3c2)cc1. The highest BCUT2D eigenvalue weighted by molar-refractivity contribution is 5.91. The third-order valence-corrected chi connectivity index (χ3v) is 6.03. The van der Waals surface area contributed by atoms with Crippen molar-refractivity contribution < 1.29 is 26.7 Å². The molecule has 0 aromatic heterocycles. The van der Waals surface area contributed by atoms with Gasteiger partial charge in [0, 0.05) is 10.9 Å². The fraction of sp³-hybridized carbons (Fsp3) is 0.241. The Bertz CT molecular complexity index is 1310. The number of ether oxygens (including phenoxy) is 1. The Morgan fingerprint density at radius 1 is 0.714 bits per heavy atom. The van der Waals surface area contributed by atoms with Gasteiger partial charge in [0.1, 0.15) is 5.82 Å². The average molecular weight is 485 g/mol. The number of unbranched alkanes of at least 4 members (excludes halogenated alkanes) is 3. The lowest BCUT2D eigenvalue weighted by atomic mass is 9.96. The van der Waals surface area contributed by atoms with Crippen LogP contribution in [0.2, 0.25) is 0 Å². The van der Waals surface area contributed by atoms with Crippen molar-refractivity contribution in [3.8, 4) is 28.0 Å². The molecule has 6 heteroatoms. The Morgan fingerprint density at radius 2 is 1.43 bits per heavy atom. The standard InChI is InChI=1S/C29H25F5O/c1-2-3-4-5-6-19-7-9-20(10-8-19)21-11-14-24-22(17-21)12-15-25(28(24)31)23-13-16-27(26(30)18-23)35-29(32,33)34/h7-18H,2-6H2,1H3. The van der Waals surface area contributed by atoms with Crippen LogP contribution in [0.4, 0.5) is 22.0 Å². The van der Waals surface area contributed by atoms with E-state index in [9.17, 15) is 17.6 Å². The van der Waals surface area contributed by atoms with Crippen LogP contribution >= 0.6 is 0 Å². The molecule has 0 aliphatic carbocycles. The normalized spacial score (nSPS) is 11.7. The van der Waals surface area contributed by atoms with E-state index in [0.717, 1.165) is 29.7 Å². The molecule has 4 rings (SSSR count). The van der Waals surface area contributed by atoms with E-state index in [1.54, 1.807) is 12.1 Å². The first-order valence-corrected chi connectivity index (χ1v) is 11.6. The minimum Gasteiger partial charge on any atom is -0.403 e. The van der Waals surface area contributed by atoms with E-state index >= 15 is 4.39 Å². The second kappa shape index (κ2) is 10.5. The van der Waals surface area contributed by atoms with Crippen LogP contribution in [0.5, 0.6) is 5.75 Å². The summed E-state index contributed by atoms with van der Waals surface area (Å²) < 4.78 is 70.2. The van der Waals surface area contributed by atoms with Gasteiger partial charge in [0.2, 0.25) is 0 Å². The molecule has 0 bridgehead atoms. The summed E-state index contributed by atoms with van der Waals surface area (Å²) in [6.45, 7) is 2.19. The molecule has 0 N–H and O–H groups in total. The minimum absolute atomic E-state index is 0.0927. The van der Waals surface area contributed by atoms with Gasteiger partial charge in [-0.3, -0.25) is 0 Å². The molecule has 0 atom stereocenters. The molecule has 0 aliphatic rings. The van der Waals surface area contributed by atoms with Gasteiger partial charge in [0.25, 0.3) is 0 Å². The number of aryl methyl sites for hydroxylation is 1. The molecule has 4 aromatic carbocycles. The monoisotopic (exact) mass is 484 g/mol. The third-order valence-electron chi connectivity index (χ3n) is 6.03. The van der Waals surface area contributed by atoms with Gasteiger partial charge >= 0.3 is 6.36 Å². The van der Waals surface area contributed by atoms with Crippen LogP contribution in [-0.4, -0.2) is 6.36 Å². The molecule has 0 heterocycles. The molecular weight excluding hydrogens is 459 g/mol. The smallest absolute Gasteiger partial charge is 0.403 e. The van der Waals surface area contributed by atoms with Crippen LogP contribution in [0.15, 0.2) is 72.8 Å². The summed E-state index contributed by atoms with van der Waals surface area (Å²) in [5.74, 6) is -2.75. The number of alkyl halides is 3. The first kappa shape index (κ1) is 24.7.